The highest BCUT2D eigenvalue weighted by Gasteiger charge is 2.54. The number of rotatable bonds is 4. The van der Waals surface area contributed by atoms with Gasteiger partial charge in [0, 0.05) is 25.3 Å². The zero-order valence-electron chi connectivity index (χ0n) is 14.7. The molecule has 5 heteroatoms. The fourth-order valence-electron chi connectivity index (χ4n) is 4.04. The molecule has 2 aromatic rings. The molecule has 2 aliphatic rings. The van der Waals surface area contributed by atoms with Crippen LogP contribution in [-0.2, 0) is 11.2 Å². The Morgan fingerprint density at radius 2 is 1.50 bits per heavy atom. The zero-order chi connectivity index (χ0) is 18.0. The molecule has 2 heterocycles. The summed E-state index contributed by atoms with van der Waals surface area (Å²) >= 11 is 0. The molecule has 3 amide bonds. The third-order valence-electron chi connectivity index (χ3n) is 5.53. The Balaban J connectivity index is 1.46. The Morgan fingerprint density at radius 1 is 0.885 bits per heavy atom. The first-order valence-corrected chi connectivity index (χ1v) is 9.16. The van der Waals surface area contributed by atoms with E-state index in [1.54, 1.807) is 4.90 Å². The fourth-order valence-corrected chi connectivity index (χ4v) is 4.04. The van der Waals surface area contributed by atoms with Crippen molar-refractivity contribution in [2.45, 2.75) is 24.8 Å². The molecule has 26 heavy (non-hydrogen) atoms. The van der Waals surface area contributed by atoms with Crippen molar-refractivity contribution in [2.75, 3.05) is 24.5 Å². The van der Waals surface area contributed by atoms with Crippen molar-refractivity contribution in [3.8, 4) is 0 Å². The molecule has 1 N–H and O–H groups in total. The van der Waals surface area contributed by atoms with E-state index in [4.69, 9.17) is 0 Å². The van der Waals surface area contributed by atoms with Crippen molar-refractivity contribution in [1.29, 1.82) is 0 Å². The SMILES string of the molecule is O=C1NC(=O)C2(CCN(CCc3ccccc3)CC2)N1c1ccccc1. The largest absolute Gasteiger partial charge is 0.329 e. The second-order valence-corrected chi connectivity index (χ2v) is 7.04. The molecule has 0 radical (unpaired) electrons. The minimum Gasteiger partial charge on any atom is -0.303 e. The van der Waals surface area contributed by atoms with E-state index in [1.165, 1.54) is 5.56 Å². The van der Waals surface area contributed by atoms with Gasteiger partial charge in [0.15, 0.2) is 0 Å². The predicted octanol–water partition coefficient (Wildman–Crippen LogP) is 2.82. The van der Waals surface area contributed by atoms with Gasteiger partial charge in [-0.25, -0.2) is 4.79 Å². The summed E-state index contributed by atoms with van der Waals surface area (Å²) in [4.78, 5) is 29.1. The Morgan fingerprint density at radius 3 is 2.15 bits per heavy atom. The van der Waals surface area contributed by atoms with Crippen molar-refractivity contribution in [3.05, 3.63) is 66.2 Å². The Bertz CT molecular complexity index is 783. The third kappa shape index (κ3) is 2.99. The van der Waals surface area contributed by atoms with Crippen LogP contribution in [0.25, 0.3) is 0 Å². The zero-order valence-corrected chi connectivity index (χ0v) is 14.7. The predicted molar refractivity (Wildman–Crippen MR) is 101 cm³/mol. The van der Waals surface area contributed by atoms with Gasteiger partial charge < -0.3 is 4.90 Å². The van der Waals surface area contributed by atoms with E-state index in [9.17, 15) is 9.59 Å². The van der Waals surface area contributed by atoms with Crippen LogP contribution in [0, 0.1) is 0 Å². The van der Waals surface area contributed by atoms with Crippen LogP contribution in [0.1, 0.15) is 18.4 Å². The Labute approximate surface area is 153 Å². The first kappa shape index (κ1) is 16.8. The highest BCUT2D eigenvalue weighted by Crippen LogP contribution is 2.37. The van der Waals surface area contributed by atoms with Crippen molar-refractivity contribution >= 4 is 17.6 Å². The number of hydrogen-bond donors (Lipinski definition) is 1. The normalized spacial score (nSPS) is 19.8. The lowest BCUT2D eigenvalue weighted by atomic mass is 9.85. The Kier molecular flexibility index (Phi) is 4.47. The number of benzene rings is 2. The molecule has 4 rings (SSSR count). The van der Waals surface area contributed by atoms with Crippen LogP contribution in [-0.4, -0.2) is 42.0 Å². The van der Waals surface area contributed by atoms with Gasteiger partial charge in [0.25, 0.3) is 5.91 Å². The molecule has 0 bridgehead atoms. The minimum absolute atomic E-state index is 0.158. The van der Waals surface area contributed by atoms with Crippen LogP contribution in [0.2, 0.25) is 0 Å². The second-order valence-electron chi connectivity index (χ2n) is 7.04. The topological polar surface area (TPSA) is 52.7 Å². The van der Waals surface area contributed by atoms with Crippen LogP contribution in [0.4, 0.5) is 10.5 Å². The van der Waals surface area contributed by atoms with Crippen LogP contribution < -0.4 is 10.2 Å². The lowest BCUT2D eigenvalue weighted by Crippen LogP contribution is -2.57. The number of nitrogens with zero attached hydrogens (tertiary/aromatic N) is 2. The van der Waals surface area contributed by atoms with Gasteiger partial charge in [0.1, 0.15) is 5.54 Å². The molecule has 2 aliphatic heterocycles. The monoisotopic (exact) mass is 349 g/mol. The van der Waals surface area contributed by atoms with E-state index in [1.807, 2.05) is 36.4 Å². The van der Waals surface area contributed by atoms with Gasteiger partial charge in [-0.1, -0.05) is 48.5 Å². The van der Waals surface area contributed by atoms with Gasteiger partial charge in [0.2, 0.25) is 0 Å². The molecule has 0 unspecified atom stereocenters. The fraction of sp³-hybridized carbons (Fsp3) is 0.333. The maximum absolute atomic E-state index is 12.6. The number of likely N-dealkylation sites (tertiary alicyclic amines) is 1. The molecular formula is C21H23N3O2. The van der Waals surface area contributed by atoms with Crippen molar-refractivity contribution in [1.82, 2.24) is 10.2 Å². The van der Waals surface area contributed by atoms with Crippen LogP contribution in [0.3, 0.4) is 0 Å². The van der Waals surface area contributed by atoms with E-state index in [0.29, 0.717) is 12.8 Å². The first-order chi connectivity index (χ1) is 12.7. The summed E-state index contributed by atoms with van der Waals surface area (Å²) in [5.74, 6) is -0.158. The van der Waals surface area contributed by atoms with Gasteiger partial charge in [-0.3, -0.25) is 15.0 Å². The van der Waals surface area contributed by atoms with Crippen molar-refractivity contribution < 1.29 is 9.59 Å². The molecule has 0 atom stereocenters. The lowest BCUT2D eigenvalue weighted by molar-refractivity contribution is -0.124. The quantitative estimate of drug-likeness (QED) is 0.864. The summed E-state index contributed by atoms with van der Waals surface area (Å²) in [5.41, 5.74) is 1.36. The molecule has 0 aromatic heterocycles. The molecular weight excluding hydrogens is 326 g/mol. The number of hydrogen-bond acceptors (Lipinski definition) is 3. The summed E-state index contributed by atoms with van der Waals surface area (Å²) in [7, 11) is 0. The summed E-state index contributed by atoms with van der Waals surface area (Å²) in [6.07, 6.45) is 2.32. The van der Waals surface area contributed by atoms with E-state index >= 15 is 0 Å². The average molecular weight is 349 g/mol. The second kappa shape index (κ2) is 6.92. The van der Waals surface area contributed by atoms with Gasteiger partial charge in [-0.15, -0.1) is 0 Å². The van der Waals surface area contributed by atoms with Crippen LogP contribution in [0.5, 0.6) is 0 Å². The molecule has 1 spiro atoms. The number of imide groups is 1. The standard InChI is InChI=1S/C21H23N3O2/c25-19-21(24(20(26)22-19)18-9-5-2-6-10-18)12-15-23(16-13-21)14-11-17-7-3-1-4-8-17/h1-10H,11-16H2,(H,22,25,26). The van der Waals surface area contributed by atoms with E-state index in [0.717, 1.165) is 31.7 Å². The molecule has 0 aliphatic carbocycles. The van der Waals surface area contributed by atoms with E-state index in [2.05, 4.69) is 34.5 Å². The third-order valence-corrected chi connectivity index (χ3v) is 5.53. The van der Waals surface area contributed by atoms with Crippen molar-refractivity contribution in [3.63, 3.8) is 0 Å². The molecule has 2 saturated heterocycles. The number of carbonyl (C=O) groups excluding carboxylic acids is 2. The highest BCUT2D eigenvalue weighted by atomic mass is 16.2. The van der Waals surface area contributed by atoms with Gasteiger partial charge in [-0.2, -0.15) is 0 Å². The maximum atomic E-state index is 12.6. The minimum atomic E-state index is -0.748. The van der Waals surface area contributed by atoms with E-state index < -0.39 is 5.54 Å². The number of nitrogens with one attached hydrogen (secondary N) is 1. The maximum Gasteiger partial charge on any atom is 0.329 e. The van der Waals surface area contributed by atoms with Crippen LogP contribution in [0.15, 0.2) is 60.7 Å². The van der Waals surface area contributed by atoms with E-state index in [-0.39, 0.29) is 11.9 Å². The smallest absolute Gasteiger partial charge is 0.303 e. The lowest BCUT2D eigenvalue weighted by Gasteiger charge is -2.42. The van der Waals surface area contributed by atoms with Gasteiger partial charge >= 0.3 is 6.03 Å². The first-order valence-electron chi connectivity index (χ1n) is 9.16. The van der Waals surface area contributed by atoms with Gasteiger partial charge in [-0.05, 0) is 37.0 Å². The number of amides is 3. The van der Waals surface area contributed by atoms with Crippen LogP contribution >= 0.6 is 0 Å². The average Bonchev–Trinajstić information content (AvgIpc) is 2.92. The number of piperidine rings is 1. The molecule has 0 saturated carbocycles. The number of para-hydroxylation sites is 1. The van der Waals surface area contributed by atoms with Gasteiger partial charge in [0.05, 0.1) is 0 Å². The molecule has 2 fully saturated rings. The highest BCUT2D eigenvalue weighted by molar-refractivity contribution is 6.17. The number of carbonyl (C=O) groups is 2. The summed E-state index contributed by atoms with van der Waals surface area (Å²) in [5, 5.41) is 2.53. The van der Waals surface area contributed by atoms with Crippen molar-refractivity contribution in [2.24, 2.45) is 0 Å². The summed E-state index contributed by atoms with van der Waals surface area (Å²) in [6, 6.07) is 19.6. The molecule has 2 aromatic carbocycles. The number of urea groups is 1. The summed E-state index contributed by atoms with van der Waals surface area (Å²) < 4.78 is 0. The molecule has 134 valence electrons. The molecule has 5 nitrogen and oxygen atoms in total. The Hall–Kier alpha value is -2.66. The number of anilines is 1. The summed E-state index contributed by atoms with van der Waals surface area (Å²) in [6.45, 7) is 2.61.